The molecule has 0 N–H and O–H groups in total. The molecule has 0 atom stereocenters. The summed E-state index contributed by atoms with van der Waals surface area (Å²) in [6, 6.07) is 10.2. The zero-order valence-electron chi connectivity index (χ0n) is 11.6. The fourth-order valence-electron chi connectivity index (χ4n) is 1.63. The molecule has 2 rings (SSSR count). The average Bonchev–Trinajstić information content (AvgIpc) is 2.48. The molecule has 0 heterocycles. The number of carbonyl (C=O) groups excluding carboxylic acids is 1. The molecule has 0 spiro atoms. The molecule has 108 valence electrons. The van der Waals surface area contributed by atoms with Crippen LogP contribution in [-0.4, -0.2) is 11.7 Å². The fraction of sp³-hybridized carbons (Fsp3) is 0.125. The summed E-state index contributed by atoms with van der Waals surface area (Å²) in [6.45, 7) is 3.44. The van der Waals surface area contributed by atoms with Gasteiger partial charge in [0.05, 0.1) is 11.3 Å². The van der Waals surface area contributed by atoms with Crippen LogP contribution < -0.4 is 0 Å². The van der Waals surface area contributed by atoms with Crippen LogP contribution in [0.3, 0.4) is 0 Å². The average molecular weight is 289 g/mol. The predicted octanol–water partition coefficient (Wildman–Crippen LogP) is 3.85. The summed E-state index contributed by atoms with van der Waals surface area (Å²) in [4.78, 5) is 16.5. The first-order chi connectivity index (χ1) is 9.97. The van der Waals surface area contributed by atoms with Crippen molar-refractivity contribution in [2.24, 2.45) is 5.16 Å². The highest BCUT2D eigenvalue weighted by atomic mass is 19.2. The van der Waals surface area contributed by atoms with Gasteiger partial charge in [0.15, 0.2) is 11.6 Å². The van der Waals surface area contributed by atoms with Gasteiger partial charge in [-0.1, -0.05) is 22.9 Å². The quantitative estimate of drug-likeness (QED) is 0.489. The molecule has 2 aromatic rings. The lowest BCUT2D eigenvalue weighted by atomic mass is 10.1. The van der Waals surface area contributed by atoms with E-state index in [1.54, 1.807) is 24.3 Å². The molecule has 0 aromatic heterocycles. The van der Waals surface area contributed by atoms with Gasteiger partial charge < -0.3 is 4.84 Å². The Kier molecular flexibility index (Phi) is 4.42. The third kappa shape index (κ3) is 3.72. The Balaban J connectivity index is 2.10. The zero-order chi connectivity index (χ0) is 15.4. The molecule has 0 fully saturated rings. The summed E-state index contributed by atoms with van der Waals surface area (Å²) in [5, 5.41) is 3.64. The molecule has 0 aliphatic rings. The first-order valence-electron chi connectivity index (χ1n) is 6.25. The van der Waals surface area contributed by atoms with Crippen molar-refractivity contribution in [1.29, 1.82) is 0 Å². The third-order valence-corrected chi connectivity index (χ3v) is 2.89. The molecular formula is C16H13F2NO2. The Labute approximate surface area is 120 Å². The summed E-state index contributed by atoms with van der Waals surface area (Å²) < 4.78 is 25.9. The molecule has 0 aliphatic heterocycles. The molecule has 21 heavy (non-hydrogen) atoms. The number of nitrogens with zero attached hydrogens (tertiary/aromatic N) is 1. The van der Waals surface area contributed by atoms with Crippen molar-refractivity contribution in [3.63, 3.8) is 0 Å². The van der Waals surface area contributed by atoms with Crippen LogP contribution in [-0.2, 0) is 4.84 Å². The molecule has 0 bridgehead atoms. The Hall–Kier alpha value is -2.56. The fourth-order valence-corrected chi connectivity index (χ4v) is 1.63. The van der Waals surface area contributed by atoms with Crippen molar-refractivity contribution in [2.75, 3.05) is 0 Å². The molecule has 5 heteroatoms. The number of rotatable bonds is 3. The lowest BCUT2D eigenvalue weighted by molar-refractivity contribution is 0.0516. The number of halogens is 2. The van der Waals surface area contributed by atoms with E-state index in [1.165, 1.54) is 13.0 Å². The van der Waals surface area contributed by atoms with E-state index < -0.39 is 17.6 Å². The maximum atomic E-state index is 13.1. The van der Waals surface area contributed by atoms with Crippen LogP contribution in [0.2, 0.25) is 0 Å². The summed E-state index contributed by atoms with van der Waals surface area (Å²) in [5.74, 6) is -2.54. The largest absolute Gasteiger partial charge is 0.365 e. The molecule has 3 nitrogen and oxygen atoms in total. The van der Waals surface area contributed by atoms with E-state index in [9.17, 15) is 13.6 Å². The monoisotopic (exact) mass is 289 g/mol. The van der Waals surface area contributed by atoms with Crippen LogP contribution in [0.15, 0.2) is 47.6 Å². The van der Waals surface area contributed by atoms with Gasteiger partial charge in [0.2, 0.25) is 0 Å². The van der Waals surface area contributed by atoms with Crippen molar-refractivity contribution in [2.45, 2.75) is 13.8 Å². The van der Waals surface area contributed by atoms with Gasteiger partial charge in [-0.3, -0.25) is 0 Å². The van der Waals surface area contributed by atoms with Crippen LogP contribution in [0, 0.1) is 18.6 Å². The van der Waals surface area contributed by atoms with Gasteiger partial charge in [-0.2, -0.15) is 0 Å². The smallest absolute Gasteiger partial charge is 0.313 e. The maximum absolute atomic E-state index is 13.1. The van der Waals surface area contributed by atoms with Gasteiger partial charge >= 0.3 is 5.97 Å². The van der Waals surface area contributed by atoms with E-state index in [0.29, 0.717) is 11.1 Å². The van der Waals surface area contributed by atoms with Crippen molar-refractivity contribution in [1.82, 2.24) is 0 Å². The van der Waals surface area contributed by atoms with E-state index in [4.69, 9.17) is 4.84 Å². The van der Waals surface area contributed by atoms with Crippen LogP contribution >= 0.6 is 0 Å². The van der Waals surface area contributed by atoms with Gasteiger partial charge in [0.1, 0.15) is 0 Å². The first kappa shape index (κ1) is 14.8. The van der Waals surface area contributed by atoms with E-state index in [1.807, 2.05) is 6.92 Å². The second-order valence-corrected chi connectivity index (χ2v) is 4.55. The highest BCUT2D eigenvalue weighted by Gasteiger charge is 2.08. The van der Waals surface area contributed by atoms with E-state index in [2.05, 4.69) is 5.16 Å². The molecule has 0 radical (unpaired) electrons. The molecule has 0 saturated heterocycles. The minimum Gasteiger partial charge on any atom is -0.313 e. The molecule has 2 aromatic carbocycles. The minimum absolute atomic E-state index is 0.273. The van der Waals surface area contributed by atoms with E-state index in [0.717, 1.165) is 17.7 Å². The SMILES string of the molecule is CC(=NOC(=O)c1ccc(C)cc1)c1ccc(F)c(F)c1. The summed E-state index contributed by atoms with van der Waals surface area (Å²) in [6.07, 6.45) is 0. The van der Waals surface area contributed by atoms with Crippen LogP contribution in [0.1, 0.15) is 28.4 Å². The van der Waals surface area contributed by atoms with Gasteiger partial charge in [-0.25, -0.2) is 13.6 Å². The number of aryl methyl sites for hydroxylation is 1. The number of oxime groups is 1. The van der Waals surface area contributed by atoms with Crippen LogP contribution in [0.25, 0.3) is 0 Å². The highest BCUT2D eigenvalue weighted by molar-refractivity contribution is 5.99. The number of benzene rings is 2. The number of hydrogen-bond donors (Lipinski definition) is 0. The summed E-state index contributed by atoms with van der Waals surface area (Å²) in [7, 11) is 0. The molecule has 0 saturated carbocycles. The standard InChI is InChI=1S/C16H13F2NO2/c1-10-3-5-12(6-4-10)16(20)21-19-11(2)13-7-8-14(17)15(18)9-13/h3-9H,1-2H3. The molecule has 0 aliphatic carbocycles. The van der Waals surface area contributed by atoms with Crippen molar-refractivity contribution >= 4 is 11.7 Å². The Morgan fingerprint density at radius 2 is 1.62 bits per heavy atom. The van der Waals surface area contributed by atoms with Gasteiger partial charge in [-0.05, 0) is 44.2 Å². The van der Waals surface area contributed by atoms with Crippen molar-refractivity contribution < 1.29 is 18.4 Å². The zero-order valence-corrected chi connectivity index (χ0v) is 11.6. The normalized spacial score (nSPS) is 11.3. The topological polar surface area (TPSA) is 38.7 Å². The first-order valence-corrected chi connectivity index (χ1v) is 6.25. The van der Waals surface area contributed by atoms with Crippen molar-refractivity contribution in [3.8, 4) is 0 Å². The molecular weight excluding hydrogens is 276 g/mol. The van der Waals surface area contributed by atoms with E-state index >= 15 is 0 Å². The predicted molar refractivity (Wildman–Crippen MR) is 75.2 cm³/mol. The number of hydrogen-bond acceptors (Lipinski definition) is 3. The maximum Gasteiger partial charge on any atom is 0.365 e. The molecule has 0 unspecified atom stereocenters. The van der Waals surface area contributed by atoms with Gasteiger partial charge in [0, 0.05) is 5.56 Å². The third-order valence-electron chi connectivity index (χ3n) is 2.89. The minimum atomic E-state index is -0.980. The van der Waals surface area contributed by atoms with Gasteiger partial charge in [-0.15, -0.1) is 0 Å². The second-order valence-electron chi connectivity index (χ2n) is 4.55. The second kappa shape index (κ2) is 6.26. The summed E-state index contributed by atoms with van der Waals surface area (Å²) >= 11 is 0. The molecule has 0 amide bonds. The summed E-state index contributed by atoms with van der Waals surface area (Å²) in [5.41, 5.74) is 2.00. The lowest BCUT2D eigenvalue weighted by Gasteiger charge is -2.02. The Morgan fingerprint density at radius 1 is 1.00 bits per heavy atom. The van der Waals surface area contributed by atoms with Crippen molar-refractivity contribution in [3.05, 3.63) is 70.8 Å². The lowest BCUT2D eigenvalue weighted by Crippen LogP contribution is -2.04. The number of carbonyl (C=O) groups is 1. The highest BCUT2D eigenvalue weighted by Crippen LogP contribution is 2.10. The Bertz CT molecular complexity index is 694. The van der Waals surface area contributed by atoms with Crippen LogP contribution in [0.5, 0.6) is 0 Å². The van der Waals surface area contributed by atoms with E-state index in [-0.39, 0.29) is 5.71 Å². The van der Waals surface area contributed by atoms with Gasteiger partial charge in [0.25, 0.3) is 0 Å². The van der Waals surface area contributed by atoms with Crippen LogP contribution in [0.4, 0.5) is 8.78 Å². The Morgan fingerprint density at radius 3 is 2.24 bits per heavy atom.